The Hall–Kier alpha value is -2.82. The van der Waals surface area contributed by atoms with Crippen molar-refractivity contribution in [2.24, 2.45) is 0 Å². The summed E-state index contributed by atoms with van der Waals surface area (Å²) in [6.07, 6.45) is 0.402. The molecule has 0 spiro atoms. The molecule has 2 rings (SSSR count). The normalized spacial score (nSPS) is 10.1. The molecule has 0 saturated heterocycles. The number of carbonyl (C=O) groups is 2. The van der Waals surface area contributed by atoms with Crippen molar-refractivity contribution in [3.8, 4) is 0 Å². The Kier molecular flexibility index (Phi) is 6.37. The van der Waals surface area contributed by atoms with Gasteiger partial charge in [0.05, 0.1) is 0 Å². The molecule has 2 aromatic rings. The van der Waals surface area contributed by atoms with E-state index in [0.717, 1.165) is 16.9 Å². The zero-order valence-electron chi connectivity index (χ0n) is 14.1. The summed E-state index contributed by atoms with van der Waals surface area (Å²) >= 11 is 0. The number of carbonyl (C=O) groups excluding carboxylic acids is 2. The molecule has 0 aliphatic carbocycles. The molecule has 0 saturated carbocycles. The highest BCUT2D eigenvalue weighted by Crippen LogP contribution is 2.13. The van der Waals surface area contributed by atoms with E-state index in [2.05, 4.69) is 16.0 Å². The third-order valence-electron chi connectivity index (χ3n) is 3.62. The fourth-order valence-corrected chi connectivity index (χ4v) is 2.29. The van der Waals surface area contributed by atoms with Crippen LogP contribution >= 0.6 is 0 Å². The van der Waals surface area contributed by atoms with E-state index < -0.39 is 0 Å². The minimum absolute atomic E-state index is 0.0145. The zero-order chi connectivity index (χ0) is 17.4. The zero-order valence-corrected chi connectivity index (χ0v) is 14.1. The molecule has 24 heavy (non-hydrogen) atoms. The highest BCUT2D eigenvalue weighted by Gasteiger charge is 2.03. The fraction of sp³-hybridized carbons (Fsp3) is 0.263. The molecule has 5 nitrogen and oxygen atoms in total. The summed E-state index contributed by atoms with van der Waals surface area (Å²) in [6, 6.07) is 15.4. The quantitative estimate of drug-likeness (QED) is 0.733. The van der Waals surface area contributed by atoms with Crippen LogP contribution in [0.5, 0.6) is 0 Å². The first-order chi connectivity index (χ1) is 11.5. The Morgan fingerprint density at radius 3 is 2.29 bits per heavy atom. The van der Waals surface area contributed by atoms with Crippen LogP contribution in [0.4, 0.5) is 11.4 Å². The number of amides is 2. The van der Waals surface area contributed by atoms with Gasteiger partial charge in [0.1, 0.15) is 0 Å². The minimum Gasteiger partial charge on any atom is -0.385 e. The van der Waals surface area contributed by atoms with Crippen molar-refractivity contribution < 1.29 is 9.59 Å². The predicted molar refractivity (Wildman–Crippen MR) is 96.9 cm³/mol. The number of aryl methyl sites for hydroxylation is 1. The van der Waals surface area contributed by atoms with Gasteiger partial charge < -0.3 is 16.0 Å². The third kappa shape index (κ3) is 5.76. The van der Waals surface area contributed by atoms with Gasteiger partial charge >= 0.3 is 0 Å². The Bertz CT molecular complexity index is 696. The Balaban J connectivity index is 1.70. The number of rotatable bonds is 7. The van der Waals surface area contributed by atoms with Crippen molar-refractivity contribution >= 4 is 23.2 Å². The summed E-state index contributed by atoms with van der Waals surface area (Å²) in [5.74, 6) is -0.0818. The van der Waals surface area contributed by atoms with Crippen molar-refractivity contribution in [3.05, 3.63) is 59.7 Å². The molecule has 0 aliphatic rings. The molecular weight excluding hydrogens is 302 g/mol. The first-order valence-electron chi connectivity index (χ1n) is 7.97. The lowest BCUT2D eigenvalue weighted by molar-refractivity contribution is -0.121. The van der Waals surface area contributed by atoms with Gasteiger partial charge in [-0.3, -0.25) is 9.59 Å². The van der Waals surface area contributed by atoms with Gasteiger partial charge in [-0.15, -0.1) is 0 Å². The van der Waals surface area contributed by atoms with Crippen molar-refractivity contribution in [3.63, 3.8) is 0 Å². The van der Waals surface area contributed by atoms with Crippen molar-refractivity contribution in [2.45, 2.75) is 26.8 Å². The molecule has 0 aliphatic heterocycles. The number of hydrogen-bond acceptors (Lipinski definition) is 3. The summed E-state index contributed by atoms with van der Waals surface area (Å²) in [7, 11) is 0. The molecule has 0 fully saturated rings. The summed E-state index contributed by atoms with van der Waals surface area (Å²) in [5.41, 5.74) is 3.97. The van der Waals surface area contributed by atoms with E-state index in [1.807, 2.05) is 55.5 Å². The molecule has 126 valence electrons. The van der Waals surface area contributed by atoms with E-state index in [9.17, 15) is 9.59 Å². The van der Waals surface area contributed by atoms with E-state index in [0.29, 0.717) is 19.5 Å². The van der Waals surface area contributed by atoms with Crippen molar-refractivity contribution in [1.82, 2.24) is 5.32 Å². The van der Waals surface area contributed by atoms with E-state index >= 15 is 0 Å². The monoisotopic (exact) mass is 325 g/mol. The third-order valence-corrected chi connectivity index (χ3v) is 3.62. The molecule has 0 heterocycles. The standard InChI is InChI=1S/C19H23N3O2/c1-14-5-3-4-6-16(14)13-21-19(24)11-12-20-17-7-9-18(10-8-17)22-15(2)23/h3-10,20H,11-13H2,1-2H3,(H,21,24)(H,22,23). The van der Waals surface area contributed by atoms with Gasteiger partial charge in [-0.1, -0.05) is 24.3 Å². The minimum atomic E-state index is -0.0963. The van der Waals surface area contributed by atoms with E-state index in [1.54, 1.807) is 0 Å². The van der Waals surface area contributed by atoms with Crippen LogP contribution in [0.1, 0.15) is 24.5 Å². The largest absolute Gasteiger partial charge is 0.385 e. The van der Waals surface area contributed by atoms with Gasteiger partial charge in [-0.25, -0.2) is 0 Å². The second-order valence-electron chi connectivity index (χ2n) is 5.64. The van der Waals surface area contributed by atoms with Gasteiger partial charge in [0.25, 0.3) is 0 Å². The first-order valence-corrected chi connectivity index (χ1v) is 7.97. The van der Waals surface area contributed by atoms with Gasteiger partial charge in [-0.05, 0) is 42.3 Å². The molecule has 0 aromatic heterocycles. The van der Waals surface area contributed by atoms with Gasteiger partial charge in [0, 0.05) is 37.8 Å². The van der Waals surface area contributed by atoms with E-state index in [4.69, 9.17) is 0 Å². The van der Waals surface area contributed by atoms with Gasteiger partial charge in [0.2, 0.25) is 11.8 Å². The average molecular weight is 325 g/mol. The maximum atomic E-state index is 11.9. The van der Waals surface area contributed by atoms with E-state index in [1.165, 1.54) is 12.5 Å². The first kappa shape index (κ1) is 17.5. The lowest BCUT2D eigenvalue weighted by Gasteiger charge is -2.09. The lowest BCUT2D eigenvalue weighted by atomic mass is 10.1. The molecule has 0 bridgehead atoms. The van der Waals surface area contributed by atoms with Crippen LogP contribution < -0.4 is 16.0 Å². The van der Waals surface area contributed by atoms with Crippen LogP contribution in [0.3, 0.4) is 0 Å². The van der Waals surface area contributed by atoms with Crippen LogP contribution in [-0.4, -0.2) is 18.4 Å². The maximum absolute atomic E-state index is 11.9. The summed E-state index contributed by atoms with van der Waals surface area (Å²) in [4.78, 5) is 22.9. The molecule has 5 heteroatoms. The van der Waals surface area contributed by atoms with Crippen molar-refractivity contribution in [1.29, 1.82) is 0 Å². The average Bonchev–Trinajstić information content (AvgIpc) is 2.55. The smallest absolute Gasteiger partial charge is 0.222 e. The number of anilines is 2. The summed E-state index contributed by atoms with van der Waals surface area (Å²) in [5, 5.41) is 8.83. The highest BCUT2D eigenvalue weighted by molar-refractivity contribution is 5.88. The Morgan fingerprint density at radius 1 is 0.958 bits per heavy atom. The molecule has 3 N–H and O–H groups in total. The predicted octanol–water partition coefficient (Wildman–Crippen LogP) is 3.07. The van der Waals surface area contributed by atoms with Crippen molar-refractivity contribution in [2.75, 3.05) is 17.2 Å². The van der Waals surface area contributed by atoms with Crippen LogP contribution in [0.15, 0.2) is 48.5 Å². The molecular formula is C19H23N3O2. The number of nitrogens with one attached hydrogen (secondary N) is 3. The Morgan fingerprint density at radius 2 is 1.62 bits per heavy atom. The molecule has 0 atom stereocenters. The highest BCUT2D eigenvalue weighted by atomic mass is 16.2. The van der Waals surface area contributed by atoms with Crippen LogP contribution in [-0.2, 0) is 16.1 Å². The molecule has 0 radical (unpaired) electrons. The van der Waals surface area contributed by atoms with E-state index in [-0.39, 0.29) is 11.8 Å². The SMILES string of the molecule is CC(=O)Nc1ccc(NCCC(=O)NCc2ccccc2C)cc1. The summed E-state index contributed by atoms with van der Waals surface area (Å²) in [6.45, 7) is 4.62. The van der Waals surface area contributed by atoms with Crippen LogP contribution in [0.25, 0.3) is 0 Å². The van der Waals surface area contributed by atoms with Gasteiger partial charge in [0.15, 0.2) is 0 Å². The van der Waals surface area contributed by atoms with Gasteiger partial charge in [-0.2, -0.15) is 0 Å². The number of benzene rings is 2. The second-order valence-corrected chi connectivity index (χ2v) is 5.64. The summed E-state index contributed by atoms with van der Waals surface area (Å²) < 4.78 is 0. The Labute approximate surface area is 142 Å². The number of hydrogen-bond donors (Lipinski definition) is 3. The second kappa shape index (κ2) is 8.72. The topological polar surface area (TPSA) is 70.2 Å². The molecule has 0 unspecified atom stereocenters. The molecule has 2 aromatic carbocycles. The molecule has 2 amide bonds. The lowest BCUT2D eigenvalue weighted by Crippen LogP contribution is -2.25. The fourth-order valence-electron chi connectivity index (χ4n) is 2.29. The maximum Gasteiger partial charge on any atom is 0.222 e. The van der Waals surface area contributed by atoms with Crippen LogP contribution in [0.2, 0.25) is 0 Å². The van der Waals surface area contributed by atoms with Crippen LogP contribution in [0, 0.1) is 6.92 Å².